The molecule has 0 amide bonds. The fourth-order valence-corrected chi connectivity index (χ4v) is 1.66. The van der Waals surface area contributed by atoms with Crippen molar-refractivity contribution in [2.24, 2.45) is 5.41 Å². The van der Waals surface area contributed by atoms with Gasteiger partial charge >= 0.3 is 0 Å². The van der Waals surface area contributed by atoms with E-state index in [-0.39, 0.29) is 12.0 Å². The van der Waals surface area contributed by atoms with Crippen molar-refractivity contribution < 1.29 is 5.11 Å². The van der Waals surface area contributed by atoms with Crippen LogP contribution in [0.25, 0.3) is 0 Å². The molecule has 90 valence electrons. The molecular formula is C10H15BrClN3O. The van der Waals surface area contributed by atoms with Gasteiger partial charge in [0.1, 0.15) is 17.3 Å². The predicted octanol–water partition coefficient (Wildman–Crippen LogP) is 2.71. The van der Waals surface area contributed by atoms with Crippen molar-refractivity contribution in [2.75, 3.05) is 18.5 Å². The van der Waals surface area contributed by atoms with Gasteiger partial charge in [0.25, 0.3) is 0 Å². The van der Waals surface area contributed by atoms with E-state index in [1.165, 1.54) is 6.33 Å². The number of rotatable bonds is 5. The summed E-state index contributed by atoms with van der Waals surface area (Å²) in [6, 6.07) is 0. The molecule has 0 bridgehead atoms. The van der Waals surface area contributed by atoms with Gasteiger partial charge in [-0.2, -0.15) is 0 Å². The van der Waals surface area contributed by atoms with E-state index in [0.29, 0.717) is 22.0 Å². The molecular weight excluding hydrogens is 293 g/mol. The van der Waals surface area contributed by atoms with Crippen molar-refractivity contribution in [3.05, 3.63) is 16.0 Å². The van der Waals surface area contributed by atoms with Crippen molar-refractivity contribution >= 4 is 33.3 Å². The van der Waals surface area contributed by atoms with Crippen molar-refractivity contribution in [1.29, 1.82) is 0 Å². The van der Waals surface area contributed by atoms with E-state index in [2.05, 4.69) is 45.1 Å². The molecule has 1 aromatic rings. The largest absolute Gasteiger partial charge is 0.396 e. The maximum Gasteiger partial charge on any atom is 0.148 e. The molecule has 16 heavy (non-hydrogen) atoms. The van der Waals surface area contributed by atoms with Gasteiger partial charge in [-0.15, -0.1) is 0 Å². The highest BCUT2D eigenvalue weighted by Gasteiger charge is 2.18. The van der Waals surface area contributed by atoms with Crippen LogP contribution in [-0.4, -0.2) is 28.2 Å². The highest BCUT2D eigenvalue weighted by Crippen LogP contribution is 2.27. The number of hydrogen-bond acceptors (Lipinski definition) is 4. The second-order valence-corrected chi connectivity index (χ2v) is 5.47. The van der Waals surface area contributed by atoms with Crippen molar-refractivity contribution in [3.63, 3.8) is 0 Å². The van der Waals surface area contributed by atoms with Crippen molar-refractivity contribution in [1.82, 2.24) is 9.97 Å². The van der Waals surface area contributed by atoms with Crippen LogP contribution in [0.3, 0.4) is 0 Å². The van der Waals surface area contributed by atoms with Crippen LogP contribution >= 0.6 is 27.5 Å². The molecule has 0 saturated heterocycles. The Hall–Kier alpha value is -0.390. The summed E-state index contributed by atoms with van der Waals surface area (Å²) in [5.41, 5.74) is 0.00557. The minimum absolute atomic E-state index is 0.00557. The Bertz CT molecular complexity index is 360. The van der Waals surface area contributed by atoms with Gasteiger partial charge < -0.3 is 10.4 Å². The summed E-state index contributed by atoms with van der Waals surface area (Å²) in [5, 5.41) is 12.5. The summed E-state index contributed by atoms with van der Waals surface area (Å²) in [7, 11) is 0. The average Bonchev–Trinajstić information content (AvgIpc) is 2.20. The van der Waals surface area contributed by atoms with Crippen LogP contribution in [0.15, 0.2) is 10.8 Å². The minimum atomic E-state index is 0.00557. The molecule has 6 heteroatoms. The summed E-state index contributed by atoms with van der Waals surface area (Å²) in [5.74, 6) is 0.672. The van der Waals surface area contributed by atoms with Gasteiger partial charge in [0.2, 0.25) is 0 Å². The van der Waals surface area contributed by atoms with Crippen LogP contribution < -0.4 is 5.32 Å². The van der Waals surface area contributed by atoms with Gasteiger partial charge in [0, 0.05) is 13.2 Å². The molecule has 0 fully saturated rings. The van der Waals surface area contributed by atoms with Crippen LogP contribution in [0.2, 0.25) is 5.15 Å². The van der Waals surface area contributed by atoms with E-state index in [1.807, 2.05) is 0 Å². The fraction of sp³-hybridized carbons (Fsp3) is 0.600. The molecule has 0 aliphatic heterocycles. The average molecular weight is 309 g/mol. The maximum atomic E-state index is 8.91. The van der Waals surface area contributed by atoms with Gasteiger partial charge in [-0.1, -0.05) is 25.4 Å². The number of nitrogens with one attached hydrogen (secondary N) is 1. The molecule has 0 aliphatic rings. The molecule has 1 rings (SSSR count). The smallest absolute Gasteiger partial charge is 0.148 e. The SMILES string of the molecule is CC(C)(CCO)CNc1ncnc(Cl)c1Br. The third-order valence-corrected chi connectivity index (χ3v) is 3.54. The second kappa shape index (κ2) is 5.80. The second-order valence-electron chi connectivity index (χ2n) is 4.32. The summed E-state index contributed by atoms with van der Waals surface area (Å²) in [6.07, 6.45) is 2.14. The third kappa shape index (κ3) is 3.88. The van der Waals surface area contributed by atoms with Gasteiger partial charge in [0.05, 0.1) is 4.47 Å². The zero-order valence-electron chi connectivity index (χ0n) is 9.30. The van der Waals surface area contributed by atoms with E-state index >= 15 is 0 Å². The Labute approximate surface area is 109 Å². The lowest BCUT2D eigenvalue weighted by Gasteiger charge is -2.24. The van der Waals surface area contributed by atoms with Crippen LogP contribution in [0.5, 0.6) is 0 Å². The van der Waals surface area contributed by atoms with Crippen LogP contribution in [0, 0.1) is 5.41 Å². The first-order valence-electron chi connectivity index (χ1n) is 4.97. The van der Waals surface area contributed by atoms with Gasteiger partial charge in [0.15, 0.2) is 0 Å². The highest BCUT2D eigenvalue weighted by atomic mass is 79.9. The summed E-state index contributed by atoms with van der Waals surface area (Å²) in [4.78, 5) is 7.93. The van der Waals surface area contributed by atoms with E-state index < -0.39 is 0 Å². The number of aliphatic hydroxyl groups excluding tert-OH is 1. The molecule has 0 atom stereocenters. The Morgan fingerprint density at radius 3 is 2.81 bits per heavy atom. The normalized spacial score (nSPS) is 11.6. The molecule has 1 aromatic heterocycles. The molecule has 0 unspecified atom stereocenters. The zero-order chi connectivity index (χ0) is 12.2. The quantitative estimate of drug-likeness (QED) is 0.821. The lowest BCUT2D eigenvalue weighted by atomic mass is 9.90. The molecule has 1 heterocycles. The predicted molar refractivity (Wildman–Crippen MR) is 68.7 cm³/mol. The number of aliphatic hydroxyl groups is 1. The Kier molecular flexibility index (Phi) is 4.95. The standard InChI is InChI=1S/C10H15BrClN3O/c1-10(2,3-4-16)5-13-9-7(11)8(12)14-6-15-9/h6,16H,3-5H2,1-2H3,(H,13,14,15). The molecule has 0 aliphatic carbocycles. The van der Waals surface area contributed by atoms with E-state index in [1.54, 1.807) is 0 Å². The highest BCUT2D eigenvalue weighted by molar-refractivity contribution is 9.10. The summed E-state index contributed by atoms with van der Waals surface area (Å²) < 4.78 is 0.663. The minimum Gasteiger partial charge on any atom is -0.396 e. The van der Waals surface area contributed by atoms with Crippen LogP contribution in [0.4, 0.5) is 5.82 Å². The van der Waals surface area contributed by atoms with E-state index in [9.17, 15) is 0 Å². The maximum absolute atomic E-state index is 8.91. The molecule has 4 nitrogen and oxygen atoms in total. The molecule has 2 N–H and O–H groups in total. The van der Waals surface area contributed by atoms with Crippen molar-refractivity contribution in [3.8, 4) is 0 Å². The van der Waals surface area contributed by atoms with Crippen LogP contribution in [-0.2, 0) is 0 Å². The van der Waals surface area contributed by atoms with E-state index in [0.717, 1.165) is 6.42 Å². The number of hydrogen-bond donors (Lipinski definition) is 2. The Morgan fingerprint density at radius 2 is 2.19 bits per heavy atom. The monoisotopic (exact) mass is 307 g/mol. The van der Waals surface area contributed by atoms with Gasteiger partial charge in [-0.05, 0) is 27.8 Å². The van der Waals surface area contributed by atoms with Gasteiger partial charge in [-0.25, -0.2) is 9.97 Å². The Morgan fingerprint density at radius 1 is 1.50 bits per heavy atom. The zero-order valence-corrected chi connectivity index (χ0v) is 11.6. The lowest BCUT2D eigenvalue weighted by molar-refractivity contribution is 0.220. The first-order chi connectivity index (χ1) is 7.46. The first kappa shape index (κ1) is 13.7. The molecule has 0 aromatic carbocycles. The van der Waals surface area contributed by atoms with Crippen molar-refractivity contribution in [2.45, 2.75) is 20.3 Å². The van der Waals surface area contributed by atoms with Crippen LogP contribution in [0.1, 0.15) is 20.3 Å². The number of nitrogens with zero attached hydrogens (tertiary/aromatic N) is 2. The fourth-order valence-electron chi connectivity index (χ4n) is 1.19. The van der Waals surface area contributed by atoms with Gasteiger partial charge in [-0.3, -0.25) is 0 Å². The molecule has 0 radical (unpaired) electrons. The number of halogens is 2. The first-order valence-corrected chi connectivity index (χ1v) is 6.14. The lowest BCUT2D eigenvalue weighted by Crippen LogP contribution is -2.24. The summed E-state index contributed by atoms with van der Waals surface area (Å²) in [6.45, 7) is 5.04. The summed E-state index contributed by atoms with van der Waals surface area (Å²) >= 11 is 9.17. The van der Waals surface area contributed by atoms with E-state index in [4.69, 9.17) is 16.7 Å². The third-order valence-electron chi connectivity index (χ3n) is 2.27. The topological polar surface area (TPSA) is 58.0 Å². The Balaban J connectivity index is 2.64. The molecule has 0 saturated carbocycles. The molecule has 0 spiro atoms. The number of aromatic nitrogens is 2. The number of anilines is 1.